The number of carbonyl (C=O) groups excluding carboxylic acids is 2. The number of aromatic nitrogens is 4. The number of aryl methyl sites for hydroxylation is 1. The van der Waals surface area contributed by atoms with Crippen LogP contribution in [0.1, 0.15) is 29.1 Å². The number of nitrogens with one attached hydrogen (secondary N) is 1. The van der Waals surface area contributed by atoms with Crippen LogP contribution < -0.4 is 5.32 Å². The van der Waals surface area contributed by atoms with Crippen molar-refractivity contribution in [2.24, 2.45) is 7.05 Å². The Kier molecular flexibility index (Phi) is 6.99. The van der Waals surface area contributed by atoms with Gasteiger partial charge in [0.2, 0.25) is 5.91 Å². The number of hydrogen-bond donors (Lipinski definition) is 1. The molecule has 152 valence electrons. The summed E-state index contributed by atoms with van der Waals surface area (Å²) in [5.41, 5.74) is 1.10. The molecule has 3 heterocycles. The first kappa shape index (κ1) is 21.0. The molecule has 1 N–H and O–H groups in total. The molecule has 3 aromatic rings. The summed E-state index contributed by atoms with van der Waals surface area (Å²) in [6.07, 6.45) is 2.47. The van der Waals surface area contributed by atoms with Gasteiger partial charge in [-0.15, -0.1) is 21.5 Å². The zero-order valence-corrected chi connectivity index (χ0v) is 18.0. The zero-order chi connectivity index (χ0) is 20.8. The number of rotatable bonds is 8. The number of anilines is 1. The van der Waals surface area contributed by atoms with Gasteiger partial charge in [0.25, 0.3) is 0 Å². The molecule has 8 nitrogen and oxygen atoms in total. The fraction of sp³-hybridized carbons (Fsp3) is 0.316. The average molecular weight is 432 g/mol. The minimum absolute atomic E-state index is 0.135. The molecular formula is C19H21N5O3S2. The number of hydrogen-bond acceptors (Lipinski definition) is 8. The van der Waals surface area contributed by atoms with E-state index in [1.165, 1.54) is 23.1 Å². The van der Waals surface area contributed by atoms with E-state index in [0.717, 1.165) is 11.3 Å². The molecule has 0 saturated heterocycles. The average Bonchev–Trinajstić information content (AvgIpc) is 3.30. The zero-order valence-electron chi connectivity index (χ0n) is 16.3. The molecule has 0 aromatic carbocycles. The summed E-state index contributed by atoms with van der Waals surface area (Å²) in [5.74, 6) is 0.103. The summed E-state index contributed by atoms with van der Waals surface area (Å²) < 4.78 is 6.88. The van der Waals surface area contributed by atoms with Gasteiger partial charge >= 0.3 is 5.97 Å². The predicted molar refractivity (Wildman–Crippen MR) is 113 cm³/mol. The monoisotopic (exact) mass is 431 g/mol. The van der Waals surface area contributed by atoms with Crippen LogP contribution in [-0.4, -0.2) is 44.0 Å². The largest absolute Gasteiger partial charge is 0.462 e. The Morgan fingerprint density at radius 3 is 2.79 bits per heavy atom. The number of carbonyl (C=O) groups is 2. The minimum atomic E-state index is -0.431. The van der Waals surface area contributed by atoms with E-state index < -0.39 is 5.97 Å². The Morgan fingerprint density at radius 1 is 1.28 bits per heavy atom. The maximum Gasteiger partial charge on any atom is 0.341 e. The second-order valence-corrected chi connectivity index (χ2v) is 8.03. The Morgan fingerprint density at radius 2 is 2.10 bits per heavy atom. The lowest BCUT2D eigenvalue weighted by molar-refractivity contribution is -0.113. The minimum Gasteiger partial charge on any atom is -0.462 e. The van der Waals surface area contributed by atoms with Crippen molar-refractivity contribution in [3.05, 3.63) is 40.9 Å². The lowest BCUT2D eigenvalue weighted by Gasteiger charge is -2.06. The third-order valence-electron chi connectivity index (χ3n) is 3.94. The molecule has 29 heavy (non-hydrogen) atoms. The quantitative estimate of drug-likeness (QED) is 0.431. The van der Waals surface area contributed by atoms with E-state index in [-0.39, 0.29) is 18.3 Å². The van der Waals surface area contributed by atoms with E-state index in [1.54, 1.807) is 23.8 Å². The SMILES string of the molecule is CCOC(=O)c1cc(CC)sc1NC(=O)CSc1nnc(-c2ccccn2)n1C. The molecule has 0 spiro atoms. The van der Waals surface area contributed by atoms with E-state index in [4.69, 9.17) is 4.74 Å². The second kappa shape index (κ2) is 9.66. The summed E-state index contributed by atoms with van der Waals surface area (Å²) in [7, 11) is 1.83. The number of pyridine rings is 1. The maximum atomic E-state index is 12.5. The standard InChI is InChI=1S/C19H21N5O3S2/c1-4-12-10-13(18(26)27-5-2)17(29-12)21-15(25)11-28-19-23-22-16(24(19)3)14-8-6-7-9-20-14/h6-10H,4-5,11H2,1-3H3,(H,21,25). The molecule has 3 aromatic heterocycles. The molecule has 0 saturated carbocycles. The van der Waals surface area contributed by atoms with E-state index in [1.807, 2.05) is 32.2 Å². The van der Waals surface area contributed by atoms with Crippen LogP contribution in [-0.2, 0) is 23.0 Å². The third-order valence-corrected chi connectivity index (χ3v) is 6.16. The molecule has 3 rings (SSSR count). The van der Waals surface area contributed by atoms with E-state index in [9.17, 15) is 9.59 Å². The van der Waals surface area contributed by atoms with Crippen LogP contribution in [0.2, 0.25) is 0 Å². The molecule has 1 amide bonds. The molecule has 0 atom stereocenters. The lowest BCUT2D eigenvalue weighted by Crippen LogP contribution is -2.16. The number of ether oxygens (including phenoxy) is 1. The van der Waals surface area contributed by atoms with E-state index >= 15 is 0 Å². The van der Waals surface area contributed by atoms with Gasteiger partial charge in [-0.2, -0.15) is 0 Å². The van der Waals surface area contributed by atoms with Gasteiger partial charge in [-0.3, -0.25) is 9.78 Å². The highest BCUT2D eigenvalue weighted by molar-refractivity contribution is 7.99. The highest BCUT2D eigenvalue weighted by Crippen LogP contribution is 2.30. The molecule has 0 radical (unpaired) electrons. The number of thiophene rings is 1. The second-order valence-electron chi connectivity index (χ2n) is 5.95. The van der Waals surface area contributed by atoms with Crippen molar-refractivity contribution >= 4 is 40.0 Å². The Balaban J connectivity index is 1.66. The van der Waals surface area contributed by atoms with Crippen LogP contribution in [0.3, 0.4) is 0 Å². The third kappa shape index (κ3) is 5.01. The van der Waals surface area contributed by atoms with Crippen molar-refractivity contribution in [3.63, 3.8) is 0 Å². The summed E-state index contributed by atoms with van der Waals surface area (Å²) in [6, 6.07) is 7.33. The first-order valence-electron chi connectivity index (χ1n) is 9.06. The van der Waals surface area contributed by atoms with Crippen LogP contribution >= 0.6 is 23.1 Å². The van der Waals surface area contributed by atoms with Gasteiger partial charge in [0.05, 0.1) is 17.9 Å². The smallest absolute Gasteiger partial charge is 0.341 e. The first-order valence-corrected chi connectivity index (χ1v) is 10.9. The van der Waals surface area contributed by atoms with Crippen LogP contribution in [0.15, 0.2) is 35.6 Å². The fourth-order valence-corrected chi connectivity index (χ4v) is 4.23. The van der Waals surface area contributed by atoms with Crippen LogP contribution in [0.25, 0.3) is 11.5 Å². The normalized spacial score (nSPS) is 10.7. The fourth-order valence-electron chi connectivity index (χ4n) is 2.52. The van der Waals surface area contributed by atoms with Gasteiger partial charge in [-0.25, -0.2) is 4.79 Å². The van der Waals surface area contributed by atoms with Crippen molar-refractivity contribution in [1.29, 1.82) is 0 Å². The van der Waals surface area contributed by atoms with Gasteiger partial charge in [-0.1, -0.05) is 24.8 Å². The maximum absolute atomic E-state index is 12.5. The summed E-state index contributed by atoms with van der Waals surface area (Å²) in [5, 5.41) is 12.2. The highest BCUT2D eigenvalue weighted by atomic mass is 32.2. The van der Waals surface area contributed by atoms with Crippen molar-refractivity contribution in [2.45, 2.75) is 25.4 Å². The summed E-state index contributed by atoms with van der Waals surface area (Å²) in [4.78, 5) is 29.9. The molecule has 0 aliphatic rings. The number of thioether (sulfide) groups is 1. The molecule has 0 unspecified atom stereocenters. The van der Waals surface area contributed by atoms with Crippen LogP contribution in [0.5, 0.6) is 0 Å². The topological polar surface area (TPSA) is 99.0 Å². The molecular weight excluding hydrogens is 410 g/mol. The van der Waals surface area contributed by atoms with Gasteiger partial charge in [-0.05, 0) is 31.5 Å². The first-order chi connectivity index (χ1) is 14.0. The molecule has 0 aliphatic carbocycles. The van der Waals surface area contributed by atoms with Crippen molar-refractivity contribution in [2.75, 3.05) is 17.7 Å². The molecule has 0 fully saturated rings. The van der Waals surface area contributed by atoms with Crippen LogP contribution in [0, 0.1) is 0 Å². The Hall–Kier alpha value is -2.72. The lowest BCUT2D eigenvalue weighted by atomic mass is 10.2. The van der Waals surface area contributed by atoms with Crippen molar-refractivity contribution in [3.8, 4) is 11.5 Å². The van der Waals surface area contributed by atoms with Crippen molar-refractivity contribution in [1.82, 2.24) is 19.7 Å². The number of esters is 1. The van der Waals surface area contributed by atoms with Gasteiger partial charge in [0.15, 0.2) is 11.0 Å². The van der Waals surface area contributed by atoms with E-state index in [0.29, 0.717) is 27.2 Å². The van der Waals surface area contributed by atoms with Crippen molar-refractivity contribution < 1.29 is 14.3 Å². The van der Waals surface area contributed by atoms with Gasteiger partial charge in [0.1, 0.15) is 10.7 Å². The Bertz CT molecular complexity index is 1000. The van der Waals surface area contributed by atoms with E-state index in [2.05, 4.69) is 20.5 Å². The van der Waals surface area contributed by atoms with Gasteiger partial charge in [0, 0.05) is 18.1 Å². The Labute approximate surface area is 176 Å². The molecule has 0 bridgehead atoms. The van der Waals surface area contributed by atoms with Gasteiger partial charge < -0.3 is 14.6 Å². The highest BCUT2D eigenvalue weighted by Gasteiger charge is 2.19. The number of nitrogens with zero attached hydrogens (tertiary/aromatic N) is 4. The van der Waals surface area contributed by atoms with Crippen LogP contribution in [0.4, 0.5) is 5.00 Å². The number of amides is 1. The summed E-state index contributed by atoms with van der Waals surface area (Å²) in [6.45, 7) is 4.03. The molecule has 0 aliphatic heterocycles. The molecule has 10 heteroatoms. The predicted octanol–water partition coefficient (Wildman–Crippen LogP) is 3.41. The summed E-state index contributed by atoms with van der Waals surface area (Å²) >= 11 is 2.65.